The van der Waals surface area contributed by atoms with E-state index in [1.54, 1.807) is 0 Å². The molecule has 18 heavy (non-hydrogen) atoms. The summed E-state index contributed by atoms with van der Waals surface area (Å²) in [4.78, 5) is 0. The highest BCUT2D eigenvalue weighted by molar-refractivity contribution is 5.58. The molecule has 8 heteroatoms. The van der Waals surface area contributed by atoms with E-state index in [1.807, 2.05) is 0 Å². The van der Waals surface area contributed by atoms with Gasteiger partial charge in [0.05, 0.1) is 17.8 Å². The van der Waals surface area contributed by atoms with Gasteiger partial charge >= 0.3 is 12.2 Å². The molecule has 1 aromatic heterocycles. The minimum absolute atomic E-state index is 0.0234. The van der Waals surface area contributed by atoms with E-state index in [1.165, 1.54) is 18.2 Å². The van der Waals surface area contributed by atoms with Gasteiger partial charge in [-0.15, -0.1) is 5.10 Å². The van der Waals surface area contributed by atoms with E-state index in [-0.39, 0.29) is 24.1 Å². The van der Waals surface area contributed by atoms with Crippen molar-refractivity contribution in [2.45, 2.75) is 12.7 Å². The molecule has 0 bridgehead atoms. The zero-order valence-corrected chi connectivity index (χ0v) is 9.03. The molecule has 0 fully saturated rings. The van der Waals surface area contributed by atoms with Crippen molar-refractivity contribution in [2.24, 2.45) is 5.73 Å². The Hall–Kier alpha value is -2.09. The Morgan fingerprint density at radius 2 is 1.94 bits per heavy atom. The quantitative estimate of drug-likeness (QED) is 0.883. The monoisotopic (exact) mass is 258 g/mol. The van der Waals surface area contributed by atoms with Crippen molar-refractivity contribution in [1.29, 1.82) is 0 Å². The Balaban J connectivity index is 2.29. The second kappa shape index (κ2) is 4.65. The van der Waals surface area contributed by atoms with Crippen LogP contribution in [-0.2, 0) is 12.7 Å². The topological polar surface area (TPSA) is 77.0 Å². The molecule has 5 nitrogen and oxygen atoms in total. The van der Waals surface area contributed by atoms with E-state index in [4.69, 9.17) is 10.2 Å². The molecule has 0 spiro atoms. The Morgan fingerprint density at radius 3 is 2.56 bits per heavy atom. The number of anilines is 2. The number of nitrogens with one attached hydrogen (secondary N) is 1. The van der Waals surface area contributed by atoms with Gasteiger partial charge in [-0.25, -0.2) is 0 Å². The molecule has 1 aromatic carbocycles. The summed E-state index contributed by atoms with van der Waals surface area (Å²) in [6.45, 7) is 0.0234. The number of nitrogens with two attached hydrogens (primary N) is 1. The lowest BCUT2D eigenvalue weighted by Crippen LogP contribution is -2.08. The van der Waals surface area contributed by atoms with Gasteiger partial charge in [0.15, 0.2) is 0 Å². The fourth-order valence-corrected chi connectivity index (χ4v) is 1.34. The number of aromatic nitrogens is 2. The average Bonchev–Trinajstić information content (AvgIpc) is 2.76. The van der Waals surface area contributed by atoms with Crippen LogP contribution in [0.25, 0.3) is 0 Å². The fourth-order valence-electron chi connectivity index (χ4n) is 1.34. The maximum Gasteiger partial charge on any atom is 0.418 e. The molecule has 2 aromatic rings. The summed E-state index contributed by atoms with van der Waals surface area (Å²) in [7, 11) is 0. The van der Waals surface area contributed by atoms with E-state index in [9.17, 15) is 13.2 Å². The molecule has 96 valence electrons. The van der Waals surface area contributed by atoms with Crippen molar-refractivity contribution in [3.05, 3.63) is 35.7 Å². The summed E-state index contributed by atoms with van der Waals surface area (Å²) in [5.74, 6) is 0.141. The van der Waals surface area contributed by atoms with Gasteiger partial charge in [0.2, 0.25) is 5.89 Å². The normalized spacial score (nSPS) is 11.6. The molecule has 0 radical (unpaired) electrons. The largest absolute Gasteiger partial charge is 0.418 e. The number of para-hydroxylation sites is 1. The summed E-state index contributed by atoms with van der Waals surface area (Å²) in [5, 5.41) is 9.49. The minimum atomic E-state index is -4.46. The first kappa shape index (κ1) is 12.4. The van der Waals surface area contributed by atoms with E-state index in [2.05, 4.69) is 15.5 Å². The Labute approximate surface area is 99.8 Å². The van der Waals surface area contributed by atoms with Crippen molar-refractivity contribution >= 4 is 11.7 Å². The molecule has 1 heterocycles. The Morgan fingerprint density at radius 1 is 1.22 bits per heavy atom. The highest BCUT2D eigenvalue weighted by atomic mass is 19.4. The van der Waals surface area contributed by atoms with Gasteiger partial charge < -0.3 is 15.5 Å². The van der Waals surface area contributed by atoms with Crippen LogP contribution in [0.2, 0.25) is 0 Å². The lowest BCUT2D eigenvalue weighted by atomic mass is 10.2. The SMILES string of the molecule is NCc1nnc(Nc2ccccc2C(F)(F)F)o1. The van der Waals surface area contributed by atoms with Crippen molar-refractivity contribution in [1.82, 2.24) is 10.2 Å². The van der Waals surface area contributed by atoms with Crippen LogP contribution in [-0.4, -0.2) is 10.2 Å². The molecule has 0 saturated heterocycles. The third-order valence-electron chi connectivity index (χ3n) is 2.12. The molecule has 0 unspecified atom stereocenters. The number of rotatable bonds is 3. The zero-order chi connectivity index (χ0) is 13.2. The summed E-state index contributed by atoms with van der Waals surface area (Å²) in [5.41, 5.74) is 4.29. The molecule has 0 aliphatic heterocycles. The van der Waals surface area contributed by atoms with Gasteiger partial charge in [0.1, 0.15) is 0 Å². The average molecular weight is 258 g/mol. The molecule has 0 aliphatic carbocycles. The molecular formula is C10H9F3N4O. The first-order chi connectivity index (χ1) is 8.50. The Bertz CT molecular complexity index is 538. The number of hydrogen-bond acceptors (Lipinski definition) is 5. The number of alkyl halides is 3. The van der Waals surface area contributed by atoms with Crippen LogP contribution in [0.1, 0.15) is 11.5 Å². The molecule has 3 N–H and O–H groups in total. The van der Waals surface area contributed by atoms with Crippen LogP contribution >= 0.6 is 0 Å². The second-order valence-corrected chi connectivity index (χ2v) is 3.37. The fraction of sp³-hybridized carbons (Fsp3) is 0.200. The summed E-state index contributed by atoms with van der Waals surface area (Å²) < 4.78 is 43.1. The number of nitrogens with zero attached hydrogens (tertiary/aromatic N) is 2. The van der Waals surface area contributed by atoms with Gasteiger partial charge in [-0.3, -0.25) is 0 Å². The van der Waals surface area contributed by atoms with Gasteiger partial charge in [-0.05, 0) is 12.1 Å². The van der Waals surface area contributed by atoms with E-state index in [0.29, 0.717) is 0 Å². The molecule has 2 rings (SSSR count). The lowest BCUT2D eigenvalue weighted by Gasteiger charge is -2.11. The van der Waals surface area contributed by atoms with E-state index >= 15 is 0 Å². The summed E-state index contributed by atoms with van der Waals surface area (Å²) >= 11 is 0. The second-order valence-electron chi connectivity index (χ2n) is 3.37. The van der Waals surface area contributed by atoms with E-state index < -0.39 is 11.7 Å². The highest BCUT2D eigenvalue weighted by Gasteiger charge is 2.33. The van der Waals surface area contributed by atoms with Crippen molar-refractivity contribution in [3.8, 4) is 0 Å². The lowest BCUT2D eigenvalue weighted by molar-refractivity contribution is -0.136. The molecule has 0 amide bonds. The van der Waals surface area contributed by atoms with Crippen molar-refractivity contribution in [2.75, 3.05) is 5.32 Å². The van der Waals surface area contributed by atoms with E-state index in [0.717, 1.165) is 6.07 Å². The highest BCUT2D eigenvalue weighted by Crippen LogP contribution is 2.35. The number of halogens is 3. The third kappa shape index (κ3) is 2.59. The van der Waals surface area contributed by atoms with Crippen LogP contribution in [0.4, 0.5) is 24.9 Å². The van der Waals surface area contributed by atoms with Gasteiger partial charge in [0.25, 0.3) is 0 Å². The number of hydrogen-bond donors (Lipinski definition) is 2. The molecule has 0 saturated carbocycles. The van der Waals surface area contributed by atoms with Crippen LogP contribution in [0, 0.1) is 0 Å². The maximum absolute atomic E-state index is 12.7. The smallest absolute Gasteiger partial charge is 0.406 e. The van der Waals surface area contributed by atoms with Crippen molar-refractivity contribution in [3.63, 3.8) is 0 Å². The predicted octanol–water partition coefficient (Wildman–Crippen LogP) is 2.29. The maximum atomic E-state index is 12.7. The molecular weight excluding hydrogens is 249 g/mol. The van der Waals surface area contributed by atoms with Crippen molar-refractivity contribution < 1.29 is 17.6 Å². The number of benzene rings is 1. The van der Waals surface area contributed by atoms with Crippen LogP contribution < -0.4 is 11.1 Å². The Kier molecular flexibility index (Phi) is 3.19. The minimum Gasteiger partial charge on any atom is -0.406 e. The molecule has 0 atom stereocenters. The zero-order valence-electron chi connectivity index (χ0n) is 9.03. The van der Waals surface area contributed by atoms with Crippen LogP contribution in [0.3, 0.4) is 0 Å². The predicted molar refractivity (Wildman–Crippen MR) is 56.9 cm³/mol. The van der Waals surface area contributed by atoms with Gasteiger partial charge in [0, 0.05) is 0 Å². The van der Waals surface area contributed by atoms with Gasteiger partial charge in [-0.1, -0.05) is 17.2 Å². The first-order valence-corrected chi connectivity index (χ1v) is 4.96. The first-order valence-electron chi connectivity index (χ1n) is 4.96. The summed E-state index contributed by atoms with van der Waals surface area (Å²) in [6.07, 6.45) is -4.46. The third-order valence-corrected chi connectivity index (χ3v) is 2.12. The standard InChI is InChI=1S/C10H9F3N4O/c11-10(12,13)6-3-1-2-4-7(6)15-9-17-16-8(5-14)18-9/h1-4H,5,14H2,(H,15,17). The van der Waals surface area contributed by atoms with Gasteiger partial charge in [-0.2, -0.15) is 13.2 Å². The van der Waals surface area contributed by atoms with Crippen LogP contribution in [0.5, 0.6) is 0 Å². The molecule has 0 aliphatic rings. The summed E-state index contributed by atoms with van der Waals surface area (Å²) in [6, 6.07) is 4.87. The van der Waals surface area contributed by atoms with Crippen LogP contribution in [0.15, 0.2) is 28.7 Å².